The first kappa shape index (κ1) is 19.5. The van der Waals surface area contributed by atoms with Crippen molar-refractivity contribution in [3.05, 3.63) is 64.2 Å². The fraction of sp³-hybridized carbons (Fsp3) is 0.316. The second kappa shape index (κ2) is 7.78. The summed E-state index contributed by atoms with van der Waals surface area (Å²) < 4.78 is 50.4. The van der Waals surface area contributed by atoms with Crippen LogP contribution in [0.3, 0.4) is 0 Å². The molecule has 0 radical (unpaired) electrons. The molecule has 1 fully saturated rings. The van der Waals surface area contributed by atoms with Crippen LogP contribution in [0.5, 0.6) is 5.75 Å². The van der Waals surface area contributed by atoms with E-state index in [-0.39, 0.29) is 24.1 Å². The maximum Gasteiger partial charge on any atom is 0.417 e. The maximum atomic E-state index is 13.1. The summed E-state index contributed by atoms with van der Waals surface area (Å²) in [5.41, 5.74) is 0.0279. The van der Waals surface area contributed by atoms with E-state index in [1.54, 1.807) is 24.3 Å². The summed E-state index contributed by atoms with van der Waals surface area (Å²) in [6.07, 6.45) is -5.30. The molecular weight excluding hydrogens is 383 g/mol. The van der Waals surface area contributed by atoms with Crippen LogP contribution in [0.1, 0.15) is 29.8 Å². The van der Waals surface area contributed by atoms with Crippen molar-refractivity contribution in [3.63, 3.8) is 0 Å². The molecule has 0 bridgehead atoms. The number of carbonyl (C=O) groups excluding carboxylic acids is 1. The van der Waals surface area contributed by atoms with Crippen LogP contribution in [-0.4, -0.2) is 24.0 Å². The summed E-state index contributed by atoms with van der Waals surface area (Å²) in [6, 6.07) is 10.7. The monoisotopic (exact) mass is 399 g/mol. The molecule has 0 saturated carbocycles. The van der Waals surface area contributed by atoms with E-state index in [0.717, 1.165) is 6.07 Å². The number of alkyl halides is 3. The van der Waals surface area contributed by atoms with Crippen LogP contribution in [0.2, 0.25) is 5.02 Å². The first-order chi connectivity index (χ1) is 12.8. The van der Waals surface area contributed by atoms with Crippen LogP contribution in [0.25, 0.3) is 0 Å². The van der Waals surface area contributed by atoms with Gasteiger partial charge in [0.15, 0.2) is 6.23 Å². The van der Waals surface area contributed by atoms with Gasteiger partial charge in [0.25, 0.3) is 5.91 Å². The van der Waals surface area contributed by atoms with E-state index >= 15 is 0 Å². The van der Waals surface area contributed by atoms with E-state index in [1.807, 2.05) is 6.92 Å². The molecule has 1 aliphatic heterocycles. The Kier molecular flexibility index (Phi) is 5.62. The summed E-state index contributed by atoms with van der Waals surface area (Å²) in [4.78, 5) is 13.7. The molecule has 1 amide bonds. The minimum absolute atomic E-state index is 0.0375. The van der Waals surface area contributed by atoms with E-state index in [1.165, 1.54) is 17.0 Å². The number of benzene rings is 2. The molecular formula is C19H17ClF3NO3. The van der Waals surface area contributed by atoms with Gasteiger partial charge >= 0.3 is 6.18 Å². The fourth-order valence-corrected chi connectivity index (χ4v) is 3.16. The SMILES string of the molecule is CCOc1ccccc1C1OCC(=O)N1Cc1ccc(Cl)c(C(F)(F)F)c1. The molecule has 144 valence electrons. The van der Waals surface area contributed by atoms with Gasteiger partial charge in [-0.15, -0.1) is 0 Å². The summed E-state index contributed by atoms with van der Waals surface area (Å²) >= 11 is 5.66. The van der Waals surface area contributed by atoms with Crippen LogP contribution in [0.4, 0.5) is 13.2 Å². The molecule has 0 aromatic heterocycles. The molecule has 1 unspecified atom stereocenters. The van der Waals surface area contributed by atoms with Gasteiger partial charge in [-0.1, -0.05) is 35.9 Å². The van der Waals surface area contributed by atoms with Gasteiger partial charge in [0.05, 0.1) is 17.2 Å². The van der Waals surface area contributed by atoms with Gasteiger partial charge in [0, 0.05) is 12.1 Å². The number of amides is 1. The van der Waals surface area contributed by atoms with Crippen LogP contribution in [0.15, 0.2) is 42.5 Å². The zero-order valence-electron chi connectivity index (χ0n) is 14.4. The van der Waals surface area contributed by atoms with Crippen LogP contribution < -0.4 is 4.74 Å². The second-order valence-electron chi connectivity index (χ2n) is 5.97. The molecule has 27 heavy (non-hydrogen) atoms. The first-order valence-corrected chi connectivity index (χ1v) is 8.67. The highest BCUT2D eigenvalue weighted by molar-refractivity contribution is 6.31. The average Bonchev–Trinajstić information content (AvgIpc) is 2.97. The third-order valence-corrected chi connectivity index (χ3v) is 4.47. The Morgan fingerprint density at radius 3 is 2.70 bits per heavy atom. The highest BCUT2D eigenvalue weighted by Crippen LogP contribution is 2.37. The maximum absolute atomic E-state index is 13.1. The van der Waals surface area contributed by atoms with E-state index in [4.69, 9.17) is 21.1 Å². The van der Waals surface area contributed by atoms with Gasteiger partial charge in [-0.25, -0.2) is 0 Å². The number of nitrogens with zero attached hydrogens (tertiary/aromatic N) is 1. The molecule has 2 aromatic rings. The average molecular weight is 400 g/mol. The molecule has 1 saturated heterocycles. The molecule has 0 N–H and O–H groups in total. The van der Waals surface area contributed by atoms with Crippen molar-refractivity contribution in [2.24, 2.45) is 0 Å². The molecule has 2 aromatic carbocycles. The fourth-order valence-electron chi connectivity index (χ4n) is 2.94. The van der Waals surface area contributed by atoms with Crippen LogP contribution in [-0.2, 0) is 22.3 Å². The number of halogens is 4. The smallest absolute Gasteiger partial charge is 0.417 e. The minimum Gasteiger partial charge on any atom is -0.493 e. The lowest BCUT2D eigenvalue weighted by molar-refractivity contribution is -0.137. The predicted octanol–water partition coefficient (Wildman–Crippen LogP) is 4.82. The van der Waals surface area contributed by atoms with Gasteiger partial charge in [-0.2, -0.15) is 13.2 Å². The number of hydrogen-bond donors (Lipinski definition) is 0. The molecule has 0 aliphatic carbocycles. The molecule has 8 heteroatoms. The highest BCUT2D eigenvalue weighted by Gasteiger charge is 2.36. The number of ether oxygens (including phenoxy) is 2. The van der Waals surface area contributed by atoms with Gasteiger partial charge in [0.2, 0.25) is 0 Å². The predicted molar refractivity (Wildman–Crippen MR) is 93.3 cm³/mol. The molecule has 4 nitrogen and oxygen atoms in total. The molecule has 1 aliphatic rings. The normalized spacial score (nSPS) is 17.4. The molecule has 1 heterocycles. The third kappa shape index (κ3) is 4.20. The van der Waals surface area contributed by atoms with E-state index < -0.39 is 18.0 Å². The van der Waals surface area contributed by atoms with Crippen molar-refractivity contribution in [1.82, 2.24) is 4.90 Å². The first-order valence-electron chi connectivity index (χ1n) is 8.29. The summed E-state index contributed by atoms with van der Waals surface area (Å²) in [5, 5.41) is -0.381. The van der Waals surface area contributed by atoms with Crippen LogP contribution in [0, 0.1) is 0 Å². The second-order valence-corrected chi connectivity index (χ2v) is 6.38. The molecule has 0 spiro atoms. The van der Waals surface area contributed by atoms with Crippen molar-refractivity contribution in [2.45, 2.75) is 25.9 Å². The summed E-state index contributed by atoms with van der Waals surface area (Å²) in [5.74, 6) is 0.256. The van der Waals surface area contributed by atoms with Crippen LogP contribution >= 0.6 is 11.6 Å². The number of rotatable bonds is 5. The quantitative estimate of drug-likeness (QED) is 0.724. The van der Waals surface area contributed by atoms with Crippen molar-refractivity contribution in [2.75, 3.05) is 13.2 Å². The lowest BCUT2D eigenvalue weighted by atomic mass is 10.1. The zero-order chi connectivity index (χ0) is 19.6. The Bertz CT molecular complexity index is 841. The lowest BCUT2D eigenvalue weighted by Crippen LogP contribution is -2.28. The Hall–Kier alpha value is -2.25. The Balaban J connectivity index is 1.91. The molecule has 3 rings (SSSR count). The Labute approximate surface area is 159 Å². The highest BCUT2D eigenvalue weighted by atomic mass is 35.5. The van der Waals surface area contributed by atoms with Gasteiger partial charge in [-0.05, 0) is 30.7 Å². The largest absolute Gasteiger partial charge is 0.493 e. The van der Waals surface area contributed by atoms with E-state index in [2.05, 4.69) is 0 Å². The van der Waals surface area contributed by atoms with Crippen molar-refractivity contribution in [3.8, 4) is 5.75 Å². The topological polar surface area (TPSA) is 38.8 Å². The van der Waals surface area contributed by atoms with E-state index in [9.17, 15) is 18.0 Å². The lowest BCUT2D eigenvalue weighted by Gasteiger charge is -2.25. The number of hydrogen-bond acceptors (Lipinski definition) is 3. The van der Waals surface area contributed by atoms with Crippen molar-refractivity contribution in [1.29, 1.82) is 0 Å². The van der Waals surface area contributed by atoms with Crippen molar-refractivity contribution < 1.29 is 27.4 Å². The zero-order valence-corrected chi connectivity index (χ0v) is 15.2. The summed E-state index contributed by atoms with van der Waals surface area (Å²) in [7, 11) is 0. The molecule has 1 atom stereocenters. The number of para-hydroxylation sites is 1. The van der Waals surface area contributed by atoms with Gasteiger partial charge in [-0.3, -0.25) is 4.79 Å². The summed E-state index contributed by atoms with van der Waals surface area (Å²) in [6.45, 7) is 2.08. The number of carbonyl (C=O) groups is 1. The van der Waals surface area contributed by atoms with Crippen molar-refractivity contribution >= 4 is 17.5 Å². The van der Waals surface area contributed by atoms with Gasteiger partial charge < -0.3 is 14.4 Å². The standard InChI is InChI=1S/C19H17ClF3NO3/c1-2-26-16-6-4-3-5-13(16)18-24(17(25)11-27-18)10-12-7-8-15(20)14(9-12)19(21,22)23/h3-9,18H,2,10-11H2,1H3. The Morgan fingerprint density at radius 1 is 1.26 bits per heavy atom. The minimum atomic E-state index is -4.57. The van der Waals surface area contributed by atoms with E-state index in [0.29, 0.717) is 23.5 Å². The Morgan fingerprint density at radius 2 is 2.00 bits per heavy atom. The third-order valence-electron chi connectivity index (χ3n) is 4.14. The van der Waals surface area contributed by atoms with Gasteiger partial charge in [0.1, 0.15) is 12.4 Å².